The number of para-hydroxylation sites is 1. The van der Waals surface area contributed by atoms with Crippen LogP contribution in [0.4, 0.5) is 0 Å². The second-order valence-electron chi connectivity index (χ2n) is 7.88. The molecule has 166 valence electrons. The fourth-order valence-electron chi connectivity index (χ4n) is 4.26. The SMILES string of the molecule is COCCOC(=O)C1=C(C)NC2=C(C(=O)CCC2)[C@@H]1c1cccc(Oc2ccccc2)c1. The number of carbonyl (C=O) groups is 2. The number of esters is 1. The highest BCUT2D eigenvalue weighted by atomic mass is 16.6. The van der Waals surface area contributed by atoms with E-state index < -0.39 is 11.9 Å². The average Bonchev–Trinajstić information content (AvgIpc) is 2.79. The zero-order chi connectivity index (χ0) is 22.5. The van der Waals surface area contributed by atoms with Gasteiger partial charge in [-0.3, -0.25) is 4.79 Å². The first-order valence-corrected chi connectivity index (χ1v) is 10.8. The van der Waals surface area contributed by atoms with Gasteiger partial charge in [-0.25, -0.2) is 4.79 Å². The van der Waals surface area contributed by atoms with Gasteiger partial charge in [0.2, 0.25) is 0 Å². The van der Waals surface area contributed by atoms with Crippen LogP contribution in [0.5, 0.6) is 11.5 Å². The lowest BCUT2D eigenvalue weighted by Crippen LogP contribution is -2.34. The molecule has 2 aromatic rings. The minimum absolute atomic E-state index is 0.0628. The Balaban J connectivity index is 1.73. The molecule has 0 amide bonds. The summed E-state index contributed by atoms with van der Waals surface area (Å²) in [6.07, 6.45) is 2.05. The average molecular weight is 434 g/mol. The van der Waals surface area contributed by atoms with Crippen LogP contribution in [-0.4, -0.2) is 32.1 Å². The molecule has 6 nitrogen and oxygen atoms in total. The van der Waals surface area contributed by atoms with Gasteiger partial charge >= 0.3 is 5.97 Å². The molecule has 1 atom stereocenters. The Hall–Kier alpha value is -3.38. The lowest BCUT2D eigenvalue weighted by molar-refractivity contribution is -0.140. The van der Waals surface area contributed by atoms with Gasteiger partial charge in [-0.1, -0.05) is 30.3 Å². The van der Waals surface area contributed by atoms with Gasteiger partial charge in [0.1, 0.15) is 18.1 Å². The second kappa shape index (κ2) is 9.83. The number of rotatable bonds is 7. The van der Waals surface area contributed by atoms with Crippen LogP contribution in [0, 0.1) is 0 Å². The number of benzene rings is 2. The number of allylic oxidation sites excluding steroid dienone is 3. The largest absolute Gasteiger partial charge is 0.460 e. The summed E-state index contributed by atoms with van der Waals surface area (Å²) in [6, 6.07) is 17.1. The number of ether oxygens (including phenoxy) is 3. The Kier molecular flexibility index (Phi) is 6.71. The molecule has 0 spiro atoms. The predicted octanol–water partition coefficient (Wildman–Crippen LogP) is 4.64. The monoisotopic (exact) mass is 433 g/mol. The van der Waals surface area contributed by atoms with Crippen LogP contribution in [0.2, 0.25) is 0 Å². The van der Waals surface area contributed by atoms with E-state index in [0.29, 0.717) is 35.6 Å². The van der Waals surface area contributed by atoms with Gasteiger partial charge in [-0.05, 0) is 49.6 Å². The van der Waals surface area contributed by atoms with E-state index in [-0.39, 0.29) is 12.4 Å². The highest BCUT2D eigenvalue weighted by molar-refractivity contribution is 6.03. The number of hydrogen-bond donors (Lipinski definition) is 1. The minimum atomic E-state index is -0.506. The number of ketones is 1. The summed E-state index contributed by atoms with van der Waals surface area (Å²) in [6.45, 7) is 2.31. The zero-order valence-electron chi connectivity index (χ0n) is 18.4. The van der Waals surface area contributed by atoms with Crippen molar-refractivity contribution in [2.24, 2.45) is 0 Å². The van der Waals surface area contributed by atoms with Crippen molar-refractivity contribution in [3.05, 3.63) is 82.7 Å². The maximum Gasteiger partial charge on any atom is 0.336 e. The van der Waals surface area contributed by atoms with Crippen LogP contribution < -0.4 is 10.1 Å². The van der Waals surface area contributed by atoms with E-state index in [1.807, 2.05) is 61.5 Å². The standard InChI is InChI=1S/C26H27NO5/c1-17-23(26(29)31-15-14-30-2)24(25-21(27-17)12-7-13-22(25)28)18-8-6-11-20(16-18)32-19-9-4-3-5-10-19/h3-6,8-11,16,24,27H,7,12-15H2,1-2H3/t24-/m1/s1. The van der Waals surface area contributed by atoms with Crippen LogP contribution in [0.3, 0.4) is 0 Å². The van der Waals surface area contributed by atoms with Gasteiger partial charge < -0.3 is 19.5 Å². The summed E-state index contributed by atoms with van der Waals surface area (Å²) in [4.78, 5) is 26.1. The number of hydrogen-bond acceptors (Lipinski definition) is 6. The smallest absolute Gasteiger partial charge is 0.336 e. The summed E-state index contributed by atoms with van der Waals surface area (Å²) in [5.41, 5.74) is 3.52. The van der Waals surface area contributed by atoms with Crippen molar-refractivity contribution in [2.45, 2.75) is 32.1 Å². The van der Waals surface area contributed by atoms with Crippen LogP contribution >= 0.6 is 0 Å². The molecule has 0 fully saturated rings. The quantitative estimate of drug-likeness (QED) is 0.507. The topological polar surface area (TPSA) is 73.9 Å². The van der Waals surface area contributed by atoms with E-state index in [0.717, 1.165) is 29.9 Å². The molecule has 32 heavy (non-hydrogen) atoms. The van der Waals surface area contributed by atoms with Crippen molar-refractivity contribution >= 4 is 11.8 Å². The lowest BCUT2D eigenvalue weighted by atomic mass is 9.75. The molecule has 0 unspecified atom stereocenters. The first kappa shape index (κ1) is 21.8. The van der Waals surface area contributed by atoms with Gasteiger partial charge in [0.25, 0.3) is 0 Å². The fraction of sp³-hybridized carbons (Fsp3) is 0.308. The molecule has 4 rings (SSSR count). The number of dihydropyridines is 1. The molecule has 2 aliphatic rings. The Morgan fingerprint density at radius 1 is 1.03 bits per heavy atom. The van der Waals surface area contributed by atoms with E-state index in [2.05, 4.69) is 5.32 Å². The van der Waals surface area contributed by atoms with Crippen LogP contribution in [0.15, 0.2) is 77.1 Å². The summed E-state index contributed by atoms with van der Waals surface area (Å²) in [5.74, 6) is 0.467. The van der Waals surface area contributed by atoms with Crippen molar-refractivity contribution in [1.82, 2.24) is 5.32 Å². The highest BCUT2D eigenvalue weighted by Gasteiger charge is 2.39. The highest BCUT2D eigenvalue weighted by Crippen LogP contribution is 2.43. The van der Waals surface area contributed by atoms with Crippen LogP contribution in [0.25, 0.3) is 0 Å². The van der Waals surface area contributed by atoms with E-state index in [1.54, 1.807) is 7.11 Å². The van der Waals surface area contributed by atoms with Crippen molar-refractivity contribution < 1.29 is 23.8 Å². The third kappa shape index (κ3) is 4.60. The molecule has 0 saturated heterocycles. The van der Waals surface area contributed by atoms with Gasteiger partial charge in [0, 0.05) is 36.4 Å². The summed E-state index contributed by atoms with van der Waals surface area (Å²) < 4.78 is 16.5. The molecule has 0 aromatic heterocycles. The molecule has 1 aliphatic heterocycles. The molecular formula is C26H27NO5. The van der Waals surface area contributed by atoms with Crippen LogP contribution in [0.1, 0.15) is 37.7 Å². The van der Waals surface area contributed by atoms with Crippen molar-refractivity contribution in [3.63, 3.8) is 0 Å². The van der Waals surface area contributed by atoms with Crippen molar-refractivity contribution in [1.29, 1.82) is 0 Å². The number of Topliss-reactive ketones (excluding diaryl/α,β-unsaturated/α-hetero) is 1. The van der Waals surface area contributed by atoms with Crippen LogP contribution in [-0.2, 0) is 19.1 Å². The van der Waals surface area contributed by atoms with E-state index >= 15 is 0 Å². The molecule has 6 heteroatoms. The third-order valence-electron chi connectivity index (χ3n) is 5.69. The van der Waals surface area contributed by atoms with Gasteiger partial charge in [0.15, 0.2) is 5.78 Å². The number of carbonyl (C=O) groups excluding carboxylic acids is 2. The Bertz CT molecular complexity index is 1070. The maximum absolute atomic E-state index is 13.1. The number of nitrogens with one attached hydrogen (secondary N) is 1. The normalized spacial score (nSPS) is 18.2. The second-order valence-corrected chi connectivity index (χ2v) is 7.88. The van der Waals surface area contributed by atoms with Crippen molar-refractivity contribution in [3.8, 4) is 11.5 Å². The van der Waals surface area contributed by atoms with E-state index in [4.69, 9.17) is 14.2 Å². The minimum Gasteiger partial charge on any atom is -0.460 e. The number of methoxy groups -OCH3 is 1. The summed E-state index contributed by atoms with van der Waals surface area (Å²) in [7, 11) is 1.55. The Morgan fingerprint density at radius 2 is 1.81 bits per heavy atom. The van der Waals surface area contributed by atoms with Gasteiger partial charge in [-0.15, -0.1) is 0 Å². The molecule has 0 bridgehead atoms. The Labute approximate surface area is 187 Å². The van der Waals surface area contributed by atoms with Crippen molar-refractivity contribution in [2.75, 3.05) is 20.3 Å². The summed E-state index contributed by atoms with van der Waals surface area (Å²) in [5, 5.41) is 3.30. The molecule has 1 heterocycles. The summed E-state index contributed by atoms with van der Waals surface area (Å²) >= 11 is 0. The fourth-order valence-corrected chi connectivity index (χ4v) is 4.26. The first-order valence-electron chi connectivity index (χ1n) is 10.8. The molecular weight excluding hydrogens is 406 g/mol. The predicted molar refractivity (Wildman–Crippen MR) is 120 cm³/mol. The maximum atomic E-state index is 13.1. The lowest BCUT2D eigenvalue weighted by Gasteiger charge is -2.34. The molecule has 2 aromatic carbocycles. The van der Waals surface area contributed by atoms with Gasteiger partial charge in [0.05, 0.1) is 12.2 Å². The van der Waals surface area contributed by atoms with E-state index in [1.165, 1.54) is 0 Å². The first-order chi connectivity index (χ1) is 15.6. The molecule has 0 radical (unpaired) electrons. The molecule has 0 saturated carbocycles. The van der Waals surface area contributed by atoms with E-state index in [9.17, 15) is 9.59 Å². The third-order valence-corrected chi connectivity index (χ3v) is 5.69. The van der Waals surface area contributed by atoms with Gasteiger partial charge in [-0.2, -0.15) is 0 Å². The zero-order valence-corrected chi connectivity index (χ0v) is 18.4. The Morgan fingerprint density at radius 3 is 2.59 bits per heavy atom. The molecule has 1 N–H and O–H groups in total. The molecule has 1 aliphatic carbocycles.